The molecule has 1 saturated heterocycles. The van der Waals surface area contributed by atoms with Crippen molar-refractivity contribution < 1.29 is 4.74 Å². The molecule has 0 aromatic rings. The van der Waals surface area contributed by atoms with Crippen molar-refractivity contribution in [2.24, 2.45) is 11.8 Å². The standard InChI is InChI=1S/C9H17BrO/c1-3-7(2)8-4-9(5-10)11-6-8/h7-9H,3-6H2,1-2H3/t7-,8-,9+/m0/s1. The lowest BCUT2D eigenvalue weighted by Gasteiger charge is -2.14. The Kier molecular flexibility index (Phi) is 3.86. The Morgan fingerprint density at radius 3 is 2.82 bits per heavy atom. The molecule has 0 aliphatic carbocycles. The second kappa shape index (κ2) is 4.46. The first-order chi connectivity index (χ1) is 5.27. The summed E-state index contributed by atoms with van der Waals surface area (Å²) >= 11 is 3.45. The van der Waals surface area contributed by atoms with Gasteiger partial charge < -0.3 is 4.74 Å². The smallest absolute Gasteiger partial charge is 0.0675 e. The molecule has 0 amide bonds. The highest BCUT2D eigenvalue weighted by Crippen LogP contribution is 2.28. The fourth-order valence-corrected chi connectivity index (χ4v) is 2.02. The molecule has 0 aromatic carbocycles. The Labute approximate surface area is 77.6 Å². The van der Waals surface area contributed by atoms with E-state index >= 15 is 0 Å². The van der Waals surface area contributed by atoms with E-state index in [0.717, 1.165) is 23.8 Å². The van der Waals surface area contributed by atoms with Crippen LogP contribution in [0.1, 0.15) is 26.7 Å². The van der Waals surface area contributed by atoms with Crippen LogP contribution in [-0.4, -0.2) is 18.0 Å². The third kappa shape index (κ3) is 2.45. The second-order valence-corrected chi connectivity index (χ2v) is 4.14. The maximum atomic E-state index is 5.59. The number of hydrogen-bond donors (Lipinski definition) is 0. The van der Waals surface area contributed by atoms with Crippen molar-refractivity contribution in [2.75, 3.05) is 11.9 Å². The molecule has 0 spiro atoms. The molecule has 1 aliphatic rings. The number of alkyl halides is 1. The van der Waals surface area contributed by atoms with Gasteiger partial charge in [-0.25, -0.2) is 0 Å². The number of halogens is 1. The summed E-state index contributed by atoms with van der Waals surface area (Å²) in [4.78, 5) is 0. The van der Waals surface area contributed by atoms with Crippen LogP contribution >= 0.6 is 15.9 Å². The summed E-state index contributed by atoms with van der Waals surface area (Å²) in [6, 6.07) is 0. The first-order valence-corrected chi connectivity index (χ1v) is 5.57. The average Bonchev–Trinajstić information content (AvgIpc) is 2.50. The average molecular weight is 221 g/mol. The van der Waals surface area contributed by atoms with Gasteiger partial charge in [-0.3, -0.25) is 0 Å². The monoisotopic (exact) mass is 220 g/mol. The molecule has 3 atom stereocenters. The van der Waals surface area contributed by atoms with Crippen LogP contribution in [0, 0.1) is 11.8 Å². The lowest BCUT2D eigenvalue weighted by atomic mass is 9.90. The highest BCUT2D eigenvalue weighted by atomic mass is 79.9. The summed E-state index contributed by atoms with van der Waals surface area (Å²) < 4.78 is 5.59. The lowest BCUT2D eigenvalue weighted by Crippen LogP contribution is -2.11. The van der Waals surface area contributed by atoms with Gasteiger partial charge >= 0.3 is 0 Å². The molecule has 66 valence electrons. The van der Waals surface area contributed by atoms with E-state index in [0.29, 0.717) is 6.10 Å². The first kappa shape index (κ1) is 9.53. The molecule has 0 saturated carbocycles. The Morgan fingerprint density at radius 1 is 1.64 bits per heavy atom. The van der Waals surface area contributed by atoms with Gasteiger partial charge in [0.05, 0.1) is 12.7 Å². The van der Waals surface area contributed by atoms with Crippen LogP contribution in [0.5, 0.6) is 0 Å². The molecule has 1 fully saturated rings. The van der Waals surface area contributed by atoms with Crippen molar-refractivity contribution in [1.82, 2.24) is 0 Å². The summed E-state index contributed by atoms with van der Waals surface area (Å²) in [5, 5.41) is 1.000. The van der Waals surface area contributed by atoms with Gasteiger partial charge in [-0.05, 0) is 18.3 Å². The maximum Gasteiger partial charge on any atom is 0.0675 e. The Hall–Kier alpha value is 0.440. The van der Waals surface area contributed by atoms with Crippen molar-refractivity contribution in [3.63, 3.8) is 0 Å². The van der Waals surface area contributed by atoms with Crippen LogP contribution in [0.4, 0.5) is 0 Å². The molecule has 1 nitrogen and oxygen atoms in total. The van der Waals surface area contributed by atoms with Crippen LogP contribution in [0.3, 0.4) is 0 Å². The Balaban J connectivity index is 2.29. The van der Waals surface area contributed by atoms with Crippen LogP contribution in [0.15, 0.2) is 0 Å². The molecule has 0 N–H and O–H groups in total. The molecule has 11 heavy (non-hydrogen) atoms. The normalized spacial score (nSPS) is 34.1. The van der Waals surface area contributed by atoms with Gasteiger partial charge in [0, 0.05) is 5.33 Å². The van der Waals surface area contributed by atoms with E-state index in [4.69, 9.17) is 4.74 Å². The van der Waals surface area contributed by atoms with E-state index in [1.807, 2.05) is 0 Å². The minimum atomic E-state index is 0.481. The van der Waals surface area contributed by atoms with E-state index in [1.165, 1.54) is 12.8 Å². The minimum absolute atomic E-state index is 0.481. The number of hydrogen-bond acceptors (Lipinski definition) is 1. The van der Waals surface area contributed by atoms with Crippen molar-refractivity contribution >= 4 is 15.9 Å². The van der Waals surface area contributed by atoms with Crippen LogP contribution in [0.2, 0.25) is 0 Å². The zero-order valence-electron chi connectivity index (χ0n) is 7.35. The summed E-state index contributed by atoms with van der Waals surface area (Å²) in [6.45, 7) is 5.56. The zero-order chi connectivity index (χ0) is 8.27. The Bertz CT molecular complexity index is 116. The molecule has 0 unspecified atom stereocenters. The zero-order valence-corrected chi connectivity index (χ0v) is 8.93. The largest absolute Gasteiger partial charge is 0.377 e. The van der Waals surface area contributed by atoms with Crippen molar-refractivity contribution in [3.8, 4) is 0 Å². The molecule has 1 aliphatic heterocycles. The quantitative estimate of drug-likeness (QED) is 0.666. The highest BCUT2D eigenvalue weighted by Gasteiger charge is 2.27. The van der Waals surface area contributed by atoms with Gasteiger partial charge in [-0.2, -0.15) is 0 Å². The van der Waals surface area contributed by atoms with E-state index in [9.17, 15) is 0 Å². The van der Waals surface area contributed by atoms with Crippen LogP contribution in [-0.2, 0) is 4.74 Å². The summed E-state index contributed by atoms with van der Waals surface area (Å²) in [5.41, 5.74) is 0. The van der Waals surface area contributed by atoms with Crippen molar-refractivity contribution in [2.45, 2.75) is 32.8 Å². The minimum Gasteiger partial charge on any atom is -0.377 e. The summed E-state index contributed by atoms with van der Waals surface area (Å²) in [7, 11) is 0. The fourth-order valence-electron chi connectivity index (χ4n) is 1.57. The fraction of sp³-hybridized carbons (Fsp3) is 1.00. The molecular weight excluding hydrogens is 204 g/mol. The molecule has 0 aromatic heterocycles. The Morgan fingerprint density at radius 2 is 2.36 bits per heavy atom. The molecular formula is C9H17BrO. The summed E-state index contributed by atoms with van der Waals surface area (Å²) in [5.74, 6) is 1.64. The molecule has 1 rings (SSSR count). The number of ether oxygens (including phenoxy) is 1. The molecule has 0 bridgehead atoms. The van der Waals surface area contributed by atoms with Gasteiger partial charge in [-0.1, -0.05) is 36.2 Å². The second-order valence-electron chi connectivity index (χ2n) is 3.49. The maximum absolute atomic E-state index is 5.59. The third-order valence-electron chi connectivity index (χ3n) is 2.73. The van der Waals surface area contributed by atoms with Gasteiger partial charge in [-0.15, -0.1) is 0 Å². The van der Waals surface area contributed by atoms with Crippen molar-refractivity contribution in [3.05, 3.63) is 0 Å². The lowest BCUT2D eigenvalue weighted by molar-refractivity contribution is 0.119. The number of rotatable bonds is 3. The van der Waals surface area contributed by atoms with Gasteiger partial charge in [0.2, 0.25) is 0 Å². The van der Waals surface area contributed by atoms with E-state index in [1.54, 1.807) is 0 Å². The molecule has 2 heteroatoms. The van der Waals surface area contributed by atoms with Crippen molar-refractivity contribution in [1.29, 1.82) is 0 Å². The van der Waals surface area contributed by atoms with E-state index < -0.39 is 0 Å². The van der Waals surface area contributed by atoms with E-state index in [-0.39, 0.29) is 0 Å². The molecule has 1 heterocycles. The van der Waals surface area contributed by atoms with Gasteiger partial charge in [0.1, 0.15) is 0 Å². The van der Waals surface area contributed by atoms with Crippen LogP contribution in [0.25, 0.3) is 0 Å². The summed E-state index contributed by atoms with van der Waals surface area (Å²) in [6.07, 6.45) is 3.01. The van der Waals surface area contributed by atoms with Crippen LogP contribution < -0.4 is 0 Å². The SMILES string of the molecule is CC[C@H](C)[C@@H]1CO[C@@H](CBr)C1. The van der Waals surface area contributed by atoms with Gasteiger partial charge in [0.25, 0.3) is 0 Å². The predicted octanol–water partition coefficient (Wildman–Crippen LogP) is 2.83. The predicted molar refractivity (Wildman–Crippen MR) is 51.1 cm³/mol. The van der Waals surface area contributed by atoms with Gasteiger partial charge in [0.15, 0.2) is 0 Å². The van der Waals surface area contributed by atoms with E-state index in [2.05, 4.69) is 29.8 Å². The highest BCUT2D eigenvalue weighted by molar-refractivity contribution is 9.09. The topological polar surface area (TPSA) is 9.23 Å². The first-order valence-electron chi connectivity index (χ1n) is 4.45. The third-order valence-corrected chi connectivity index (χ3v) is 3.45. The molecule has 0 radical (unpaired) electrons.